The fourth-order valence-electron chi connectivity index (χ4n) is 25.6. The maximum Gasteiger partial charge on any atom is 0.159 e. The quantitative estimate of drug-likeness (QED) is 0.0678. The van der Waals surface area contributed by atoms with E-state index in [2.05, 4.69) is 67.4 Å². The Balaban J connectivity index is 0.902. The largest absolute Gasteiger partial charge is 0.396 e. The number of aliphatic hydroxyl groups excluding tert-OH is 3. The fraction of sp³-hybridized carbons (Fsp3) is 0.770. The number of nitrogens with two attached hydrogens (primary N) is 1. The standard InChI is InChI=1S/C74H102N2O8/c1-47-22-34-83-73(39-47,63-62(84-63)66(4,81)64(2,45-77)29-19-48-21-33-76-60(75)35-48)58-20-30-74(82)56-38-57(80)55-37-54(79)43-71-53-36-52(70(46-78)28-12-27-69(70)25-9-10-26-69)42-72(55,71)61(56)51(40-65(58,74)3)18-17-50-14-6-5-13-49(50)15-11-16-59(71)68(41-53)32-31-67(44-68)23-7-8-24-67/h5-6,13-14,21,35-36,38,47,51,53-55,58-59,61-63,76-79,81-82H,7-10,12,15,17-20,22-34,37,39-46,75H2,1-4H3. The average Bonchev–Trinajstić information content (AvgIpc) is 1.27. The second-order valence-electron chi connectivity index (χ2n) is 32.8. The minimum absolute atomic E-state index is 0.0225. The number of rotatable bonds is 10. The van der Waals surface area contributed by atoms with Crippen molar-refractivity contribution in [3.63, 3.8) is 0 Å². The smallest absolute Gasteiger partial charge is 0.159 e. The number of ketones is 1. The first-order chi connectivity index (χ1) is 40.3. The highest BCUT2D eigenvalue weighted by molar-refractivity contribution is 5.95. The number of nitrogens with one attached hydrogen (secondary N) is 1. The fourth-order valence-corrected chi connectivity index (χ4v) is 25.6. The zero-order valence-electron chi connectivity index (χ0n) is 51.6. The van der Waals surface area contributed by atoms with E-state index >= 15 is 4.79 Å². The van der Waals surface area contributed by atoms with Gasteiger partial charge in [0.2, 0.25) is 0 Å². The van der Waals surface area contributed by atoms with Crippen molar-refractivity contribution in [1.29, 1.82) is 0 Å². The normalized spacial score (nSPS) is 47.0. The van der Waals surface area contributed by atoms with Crippen LogP contribution in [0.2, 0.25) is 0 Å². The summed E-state index contributed by atoms with van der Waals surface area (Å²) in [4.78, 5) is 16.5. The summed E-state index contributed by atoms with van der Waals surface area (Å²) in [5, 5.41) is 68.0. The molecule has 8 N–H and O–H groups in total. The van der Waals surface area contributed by atoms with Gasteiger partial charge < -0.3 is 46.1 Å². The zero-order chi connectivity index (χ0) is 58.1. The second kappa shape index (κ2) is 19.6. The topological polar surface area (TPSA) is 178 Å². The number of carbonyl (C=O) groups excluding carboxylic acids is 1. The van der Waals surface area contributed by atoms with Gasteiger partial charge in [0.25, 0.3) is 0 Å². The lowest BCUT2D eigenvalue weighted by atomic mass is 9.31. The van der Waals surface area contributed by atoms with E-state index in [1.807, 2.05) is 26.0 Å². The average molecular weight is 1150 g/mol. The number of carbonyl (C=O) groups is 1. The van der Waals surface area contributed by atoms with Gasteiger partial charge in [-0.25, -0.2) is 0 Å². The number of aryl methyl sites for hydroxylation is 1. The van der Waals surface area contributed by atoms with E-state index < -0.39 is 62.7 Å². The molecule has 1 aromatic rings. The van der Waals surface area contributed by atoms with Crippen molar-refractivity contribution < 1.29 is 39.8 Å². The van der Waals surface area contributed by atoms with Gasteiger partial charge in [-0.1, -0.05) is 107 Å². The van der Waals surface area contributed by atoms with Crippen LogP contribution in [0, 0.1) is 96.6 Å². The van der Waals surface area contributed by atoms with Crippen molar-refractivity contribution in [3.05, 3.63) is 82.2 Å². The number of epoxide rings is 1. The second-order valence-corrected chi connectivity index (χ2v) is 32.8. The molecule has 15 rings (SSSR count). The van der Waals surface area contributed by atoms with Gasteiger partial charge >= 0.3 is 0 Å². The summed E-state index contributed by atoms with van der Waals surface area (Å²) in [6, 6.07) is 9.04. The molecule has 14 aliphatic rings. The summed E-state index contributed by atoms with van der Waals surface area (Å²) in [5.41, 5.74) is 5.83. The monoisotopic (exact) mass is 1150 g/mol. The highest BCUT2D eigenvalue weighted by Gasteiger charge is 2.83. The third kappa shape index (κ3) is 7.63. The summed E-state index contributed by atoms with van der Waals surface area (Å²) in [6.45, 7) is 9.69. The first-order valence-electron chi connectivity index (χ1n) is 34.3. The molecule has 19 unspecified atom stereocenters. The van der Waals surface area contributed by atoms with Crippen LogP contribution < -0.4 is 11.1 Å². The minimum atomic E-state index is -1.42. The zero-order valence-corrected chi connectivity index (χ0v) is 51.6. The van der Waals surface area contributed by atoms with E-state index in [0.717, 1.165) is 94.6 Å². The van der Waals surface area contributed by atoms with E-state index in [9.17, 15) is 25.5 Å². The number of dihydropyridines is 1. The van der Waals surface area contributed by atoms with Gasteiger partial charge in [0.15, 0.2) is 5.78 Å². The molecule has 1 aromatic carbocycles. The summed E-state index contributed by atoms with van der Waals surface area (Å²) in [6.07, 6.45) is 33.9. The highest BCUT2D eigenvalue weighted by Crippen LogP contribution is 2.85. The van der Waals surface area contributed by atoms with E-state index in [1.54, 1.807) is 0 Å². The molecule has 3 aliphatic heterocycles. The Hall–Kier alpha value is -3.27. The Bertz CT molecular complexity index is 3020. The molecule has 10 heteroatoms. The molecule has 0 radical (unpaired) electrons. The van der Waals surface area contributed by atoms with E-state index in [1.165, 1.54) is 68.1 Å². The highest BCUT2D eigenvalue weighted by atomic mass is 16.6. The molecule has 8 saturated carbocycles. The lowest BCUT2D eigenvalue weighted by Gasteiger charge is -2.72. The predicted molar refractivity (Wildman–Crippen MR) is 325 cm³/mol. The number of fused-ring (bicyclic) bond motifs is 4. The molecule has 456 valence electrons. The minimum Gasteiger partial charge on any atom is -0.396 e. The lowest BCUT2D eigenvalue weighted by Crippen LogP contribution is -2.71. The predicted octanol–water partition coefficient (Wildman–Crippen LogP) is 11.4. The van der Waals surface area contributed by atoms with Crippen molar-refractivity contribution in [2.75, 3.05) is 26.4 Å². The Morgan fingerprint density at radius 2 is 1.65 bits per heavy atom. The summed E-state index contributed by atoms with van der Waals surface area (Å²) in [7, 11) is 0. The van der Waals surface area contributed by atoms with E-state index in [-0.39, 0.29) is 64.8 Å². The summed E-state index contributed by atoms with van der Waals surface area (Å²) < 4.78 is 14.5. The molecule has 19 atom stereocenters. The van der Waals surface area contributed by atoms with Crippen molar-refractivity contribution in [3.8, 4) is 11.8 Å². The number of aliphatic hydroxyl groups is 5. The van der Waals surface area contributed by atoms with Crippen LogP contribution in [-0.2, 0) is 27.1 Å². The van der Waals surface area contributed by atoms with Crippen LogP contribution in [0.15, 0.2) is 71.1 Å². The number of ether oxygens (including phenoxy) is 2. The molecule has 5 spiro atoms. The molecule has 3 heterocycles. The third-order valence-electron chi connectivity index (χ3n) is 29.6. The Kier molecular flexibility index (Phi) is 13.4. The Labute approximate surface area is 502 Å². The molecule has 0 aromatic heterocycles. The van der Waals surface area contributed by atoms with Crippen molar-refractivity contribution in [2.24, 2.45) is 90.5 Å². The van der Waals surface area contributed by atoms with Gasteiger partial charge in [-0.2, -0.15) is 0 Å². The van der Waals surface area contributed by atoms with Crippen molar-refractivity contribution >= 4 is 5.78 Å². The molecule has 0 bridgehead atoms. The summed E-state index contributed by atoms with van der Waals surface area (Å²) in [5.74, 6) is 8.76. The van der Waals surface area contributed by atoms with Gasteiger partial charge in [-0.15, -0.1) is 0 Å². The van der Waals surface area contributed by atoms with Crippen LogP contribution in [0.3, 0.4) is 0 Å². The molecule has 84 heavy (non-hydrogen) atoms. The summed E-state index contributed by atoms with van der Waals surface area (Å²) >= 11 is 0. The van der Waals surface area contributed by atoms with E-state index in [0.29, 0.717) is 75.3 Å². The van der Waals surface area contributed by atoms with Crippen LogP contribution >= 0.6 is 0 Å². The number of hydrogen-bond acceptors (Lipinski definition) is 10. The molecular formula is C74H102N2O8. The van der Waals surface area contributed by atoms with Gasteiger partial charge in [0.05, 0.1) is 36.3 Å². The first kappa shape index (κ1) is 57.2. The number of benzene rings is 1. The maximum absolute atomic E-state index is 16.5. The molecule has 2 saturated heterocycles. The molecule has 0 amide bonds. The third-order valence-corrected chi connectivity index (χ3v) is 29.6. The number of allylic oxidation sites excluding steroid dienone is 4. The van der Waals surface area contributed by atoms with Crippen LogP contribution in [0.1, 0.15) is 206 Å². The van der Waals surface area contributed by atoms with Crippen molar-refractivity contribution in [2.45, 2.75) is 243 Å². The molecule has 10 nitrogen and oxygen atoms in total. The van der Waals surface area contributed by atoms with Crippen LogP contribution in [0.25, 0.3) is 0 Å². The number of hydrogen-bond donors (Lipinski definition) is 7. The Morgan fingerprint density at radius 1 is 0.881 bits per heavy atom. The van der Waals surface area contributed by atoms with E-state index in [4.69, 9.17) is 15.2 Å². The van der Waals surface area contributed by atoms with Crippen molar-refractivity contribution in [1.82, 2.24) is 5.32 Å². The lowest BCUT2D eigenvalue weighted by molar-refractivity contribution is -0.227. The maximum atomic E-state index is 16.5. The SMILES string of the molecule is CC1CCOC(C2OC2C(C)(O)C(C)(CO)CCC2=CCNC(N)=C2)(C2CCC3(O)C4=CC(=O)C5CC(O)CC67C8C=C(C9(CO)CCCC9%10CCCC%10)CC56C4C(CCc4ccccc4CC#CC7C4(CCC5(CCCC5)C4)C8)CC23C)C1. The first-order valence-corrected chi connectivity index (χ1v) is 34.3. The van der Waals surface area contributed by atoms with Gasteiger partial charge in [-0.05, 0) is 234 Å². The molecule has 10 fully saturated rings. The Morgan fingerprint density at radius 3 is 2.42 bits per heavy atom. The van der Waals surface area contributed by atoms with Crippen LogP contribution in [0.5, 0.6) is 0 Å². The molecular weight excluding hydrogens is 1040 g/mol. The van der Waals surface area contributed by atoms with Gasteiger partial charge in [-0.3, -0.25) is 4.79 Å². The van der Waals surface area contributed by atoms with Crippen LogP contribution in [0.4, 0.5) is 0 Å². The van der Waals surface area contributed by atoms with Gasteiger partial charge in [0, 0.05) is 53.1 Å². The van der Waals surface area contributed by atoms with Crippen LogP contribution in [-0.4, -0.2) is 92.8 Å². The molecule has 11 aliphatic carbocycles. The van der Waals surface area contributed by atoms with Gasteiger partial charge in [0.1, 0.15) is 17.8 Å².